The number of para-hydroxylation sites is 2. The molecule has 1 spiro atoms. The van der Waals surface area contributed by atoms with Crippen LogP contribution in [0.1, 0.15) is 38.4 Å². The number of hydrogen-bond acceptors (Lipinski definition) is 4. The average Bonchev–Trinajstić information content (AvgIpc) is 3.00. The van der Waals surface area contributed by atoms with Crippen molar-refractivity contribution in [2.24, 2.45) is 0 Å². The van der Waals surface area contributed by atoms with Crippen molar-refractivity contribution in [1.82, 2.24) is 14.9 Å². The largest absolute Gasteiger partial charge is 0.381 e. The molecule has 0 radical (unpaired) electrons. The molecule has 5 nitrogen and oxygen atoms in total. The molecular formula is C20H29N3O2. The zero-order chi connectivity index (χ0) is 17.1. The predicted molar refractivity (Wildman–Crippen MR) is 98.9 cm³/mol. The van der Waals surface area contributed by atoms with Crippen molar-refractivity contribution in [3.8, 4) is 0 Å². The normalized spacial score (nSPS) is 23.3. The van der Waals surface area contributed by atoms with Crippen LogP contribution >= 0.6 is 0 Å². The van der Waals surface area contributed by atoms with Gasteiger partial charge in [0, 0.05) is 45.4 Å². The van der Waals surface area contributed by atoms with E-state index >= 15 is 0 Å². The van der Waals surface area contributed by atoms with Gasteiger partial charge in [-0.2, -0.15) is 0 Å². The number of benzene rings is 1. The van der Waals surface area contributed by atoms with Gasteiger partial charge >= 0.3 is 0 Å². The van der Waals surface area contributed by atoms with Gasteiger partial charge in [-0.15, -0.1) is 0 Å². The van der Waals surface area contributed by atoms with E-state index in [1.807, 2.05) is 0 Å². The number of aryl methyl sites for hydroxylation is 1. The summed E-state index contributed by atoms with van der Waals surface area (Å²) in [6, 6.07) is 8.97. The van der Waals surface area contributed by atoms with Crippen LogP contribution in [0.3, 0.4) is 0 Å². The molecule has 0 saturated carbocycles. The van der Waals surface area contributed by atoms with Gasteiger partial charge < -0.3 is 19.4 Å². The number of hydrogen-bond donors (Lipinski definition) is 1. The molecule has 2 aliphatic rings. The first-order valence-corrected chi connectivity index (χ1v) is 9.69. The molecule has 1 N–H and O–H groups in total. The first-order chi connectivity index (χ1) is 12.3. The van der Waals surface area contributed by atoms with Gasteiger partial charge in [-0.25, -0.2) is 4.98 Å². The van der Waals surface area contributed by atoms with E-state index in [0.717, 1.165) is 70.5 Å². The Balaban J connectivity index is 1.36. The van der Waals surface area contributed by atoms with Crippen LogP contribution in [-0.2, 0) is 22.4 Å². The third-order valence-electron chi connectivity index (χ3n) is 5.73. The molecule has 0 aliphatic carbocycles. The van der Waals surface area contributed by atoms with Crippen LogP contribution in [0.15, 0.2) is 24.3 Å². The van der Waals surface area contributed by atoms with Gasteiger partial charge in [0.15, 0.2) is 0 Å². The monoisotopic (exact) mass is 343 g/mol. The Bertz CT molecular complexity index is 701. The van der Waals surface area contributed by atoms with E-state index in [1.54, 1.807) is 0 Å². The summed E-state index contributed by atoms with van der Waals surface area (Å²) in [5.74, 6) is 1.18. The molecule has 3 heterocycles. The highest BCUT2D eigenvalue weighted by Crippen LogP contribution is 2.34. The van der Waals surface area contributed by atoms with Gasteiger partial charge in [0.25, 0.3) is 0 Å². The molecule has 136 valence electrons. The molecule has 1 atom stereocenters. The van der Waals surface area contributed by atoms with Gasteiger partial charge in [-0.05, 0) is 44.7 Å². The minimum Gasteiger partial charge on any atom is -0.381 e. The Morgan fingerprint density at radius 2 is 2.08 bits per heavy atom. The topological polar surface area (TPSA) is 48.3 Å². The molecule has 0 unspecified atom stereocenters. The van der Waals surface area contributed by atoms with E-state index in [4.69, 9.17) is 14.5 Å². The minimum absolute atomic E-state index is 0.0603. The molecule has 2 fully saturated rings. The van der Waals surface area contributed by atoms with Gasteiger partial charge in [0.2, 0.25) is 0 Å². The quantitative estimate of drug-likeness (QED) is 0.907. The molecule has 0 amide bonds. The molecule has 2 aliphatic heterocycles. The Hall–Kier alpha value is -1.43. The van der Waals surface area contributed by atoms with Crippen LogP contribution in [0.5, 0.6) is 0 Å². The Labute approximate surface area is 149 Å². The zero-order valence-corrected chi connectivity index (χ0v) is 15.2. The first kappa shape index (κ1) is 17.0. The smallest absolute Gasteiger partial charge is 0.111 e. The number of nitrogens with zero attached hydrogens (tertiary/aromatic N) is 2. The summed E-state index contributed by atoms with van der Waals surface area (Å²) in [5.41, 5.74) is 2.41. The number of ether oxygens (including phenoxy) is 2. The van der Waals surface area contributed by atoms with E-state index in [-0.39, 0.29) is 5.60 Å². The number of aromatic nitrogens is 2. The summed E-state index contributed by atoms with van der Waals surface area (Å²) >= 11 is 0. The Kier molecular flexibility index (Phi) is 5.06. The van der Waals surface area contributed by atoms with Gasteiger partial charge in [0.1, 0.15) is 5.82 Å². The van der Waals surface area contributed by atoms with Crippen LogP contribution < -0.4 is 5.32 Å². The molecule has 1 aromatic carbocycles. The highest BCUT2D eigenvalue weighted by atomic mass is 16.5. The van der Waals surface area contributed by atoms with Crippen molar-refractivity contribution >= 4 is 11.0 Å². The molecule has 5 heteroatoms. The Morgan fingerprint density at radius 1 is 1.24 bits per heavy atom. The maximum absolute atomic E-state index is 6.14. The maximum Gasteiger partial charge on any atom is 0.111 e. The lowest BCUT2D eigenvalue weighted by molar-refractivity contribution is -0.140. The highest BCUT2D eigenvalue weighted by molar-refractivity contribution is 5.75. The number of nitrogens with one attached hydrogen (secondary N) is 1. The minimum atomic E-state index is 0.0603. The van der Waals surface area contributed by atoms with Crippen molar-refractivity contribution in [1.29, 1.82) is 0 Å². The van der Waals surface area contributed by atoms with Gasteiger partial charge in [-0.3, -0.25) is 0 Å². The van der Waals surface area contributed by atoms with Gasteiger partial charge in [0.05, 0.1) is 16.6 Å². The van der Waals surface area contributed by atoms with Crippen molar-refractivity contribution < 1.29 is 9.47 Å². The standard InChI is InChI=1S/C20H29N3O2/c1-2-23-18-6-4-3-5-17(18)22-19(23)7-11-21-16-8-12-25-20(15-16)9-13-24-14-10-20/h3-6,16,21H,2,7-15H2,1H3/t16-/m0/s1. The second-order valence-corrected chi connectivity index (χ2v) is 7.30. The second-order valence-electron chi connectivity index (χ2n) is 7.30. The van der Waals surface area contributed by atoms with Crippen molar-refractivity contribution in [3.63, 3.8) is 0 Å². The number of imidazole rings is 1. The number of rotatable bonds is 5. The molecule has 0 bridgehead atoms. The van der Waals surface area contributed by atoms with Crippen LogP contribution in [0.25, 0.3) is 11.0 Å². The molecule has 2 aromatic rings. The zero-order valence-electron chi connectivity index (χ0n) is 15.2. The third-order valence-corrected chi connectivity index (χ3v) is 5.73. The third kappa shape index (κ3) is 3.59. The summed E-state index contributed by atoms with van der Waals surface area (Å²) in [5, 5.41) is 3.76. The van der Waals surface area contributed by atoms with Crippen molar-refractivity contribution in [2.75, 3.05) is 26.4 Å². The SMILES string of the molecule is CCn1c(CCN[C@H]2CCOC3(CCOCC3)C2)nc2ccccc21. The highest BCUT2D eigenvalue weighted by Gasteiger charge is 2.38. The predicted octanol–water partition coefficient (Wildman–Crippen LogP) is 2.92. The lowest BCUT2D eigenvalue weighted by atomic mass is 9.84. The molecule has 1 aromatic heterocycles. The molecular weight excluding hydrogens is 314 g/mol. The molecule has 4 rings (SSSR count). The number of fused-ring (bicyclic) bond motifs is 1. The summed E-state index contributed by atoms with van der Waals surface area (Å²) in [4.78, 5) is 4.83. The fourth-order valence-corrected chi connectivity index (χ4v) is 4.35. The van der Waals surface area contributed by atoms with Crippen molar-refractivity contribution in [3.05, 3.63) is 30.1 Å². The first-order valence-electron chi connectivity index (χ1n) is 9.69. The van der Waals surface area contributed by atoms with E-state index < -0.39 is 0 Å². The van der Waals surface area contributed by atoms with E-state index in [1.165, 1.54) is 11.3 Å². The second kappa shape index (κ2) is 7.44. The lowest BCUT2D eigenvalue weighted by Crippen LogP contribution is -2.50. The van der Waals surface area contributed by atoms with Crippen LogP contribution in [0.4, 0.5) is 0 Å². The summed E-state index contributed by atoms with van der Waals surface area (Å²) < 4.78 is 14.0. The van der Waals surface area contributed by atoms with Crippen molar-refractivity contribution in [2.45, 2.75) is 57.2 Å². The van der Waals surface area contributed by atoms with Crippen LogP contribution in [-0.4, -0.2) is 47.6 Å². The molecule has 25 heavy (non-hydrogen) atoms. The maximum atomic E-state index is 6.14. The van der Waals surface area contributed by atoms with E-state index in [0.29, 0.717) is 6.04 Å². The van der Waals surface area contributed by atoms with E-state index in [9.17, 15) is 0 Å². The fourth-order valence-electron chi connectivity index (χ4n) is 4.35. The van der Waals surface area contributed by atoms with Crippen LogP contribution in [0, 0.1) is 0 Å². The summed E-state index contributed by atoms with van der Waals surface area (Å²) in [6.45, 7) is 6.68. The molecule has 2 saturated heterocycles. The Morgan fingerprint density at radius 3 is 2.92 bits per heavy atom. The summed E-state index contributed by atoms with van der Waals surface area (Å²) in [7, 11) is 0. The van der Waals surface area contributed by atoms with Gasteiger partial charge in [-0.1, -0.05) is 12.1 Å². The summed E-state index contributed by atoms with van der Waals surface area (Å²) in [6.07, 6.45) is 5.26. The fraction of sp³-hybridized carbons (Fsp3) is 0.650. The van der Waals surface area contributed by atoms with Crippen LogP contribution in [0.2, 0.25) is 0 Å². The average molecular weight is 343 g/mol. The lowest BCUT2D eigenvalue weighted by Gasteiger charge is -2.43. The van der Waals surface area contributed by atoms with E-state index in [2.05, 4.69) is 41.1 Å².